The van der Waals surface area contributed by atoms with E-state index in [1.54, 1.807) is 36.4 Å². The van der Waals surface area contributed by atoms with Crippen molar-refractivity contribution >= 4 is 56.4 Å². The highest BCUT2D eigenvalue weighted by Gasteiger charge is 2.20. The van der Waals surface area contributed by atoms with Crippen molar-refractivity contribution in [3.8, 4) is 0 Å². The molecule has 3 aromatic carbocycles. The predicted octanol–water partition coefficient (Wildman–Crippen LogP) is 4.75. The summed E-state index contributed by atoms with van der Waals surface area (Å²) in [4.78, 5) is 3.84. The van der Waals surface area contributed by atoms with Gasteiger partial charge < -0.3 is 5.11 Å². The highest BCUT2D eigenvalue weighted by Crippen LogP contribution is 2.28. The third kappa shape index (κ3) is 5.42. The molecule has 29 heavy (non-hydrogen) atoms. The van der Waals surface area contributed by atoms with Crippen LogP contribution in [0.5, 0.6) is 0 Å². The highest BCUT2D eigenvalue weighted by atomic mass is 35.5. The minimum Gasteiger partial charge on any atom is -0.858 e. The van der Waals surface area contributed by atoms with Crippen LogP contribution in [-0.2, 0) is 16.6 Å². The van der Waals surface area contributed by atoms with Gasteiger partial charge in [-0.25, -0.2) is 8.42 Å². The molecule has 0 aliphatic heterocycles. The average Bonchev–Trinajstić information content (AvgIpc) is 2.69. The van der Waals surface area contributed by atoms with Gasteiger partial charge >= 0.3 is 0 Å². The van der Waals surface area contributed by atoms with Crippen LogP contribution in [0.2, 0.25) is 15.1 Å². The third-order valence-electron chi connectivity index (χ3n) is 3.90. The molecule has 1 N–H and O–H groups in total. The fourth-order valence-electron chi connectivity index (χ4n) is 2.48. The molecule has 0 radical (unpaired) electrons. The fourth-order valence-corrected chi connectivity index (χ4v) is 4.45. The quantitative estimate of drug-likeness (QED) is 0.418. The van der Waals surface area contributed by atoms with Gasteiger partial charge in [-0.05, 0) is 47.9 Å². The highest BCUT2D eigenvalue weighted by molar-refractivity contribution is 7.92. The molecule has 0 saturated carbocycles. The summed E-state index contributed by atoms with van der Waals surface area (Å²) in [6.07, 6.45) is 0. The lowest BCUT2D eigenvalue weighted by atomic mass is 10.2. The topological polar surface area (TPSA) is 81.6 Å². The molecule has 9 heteroatoms. The van der Waals surface area contributed by atoms with Crippen LogP contribution in [0.1, 0.15) is 11.1 Å². The lowest BCUT2D eigenvalue weighted by Gasteiger charge is -2.17. The molecule has 5 nitrogen and oxygen atoms in total. The summed E-state index contributed by atoms with van der Waals surface area (Å²) in [5, 5.41) is 13.4. The molecule has 0 saturated heterocycles. The Balaban J connectivity index is 1.89. The zero-order chi connectivity index (χ0) is 21.0. The van der Waals surface area contributed by atoms with Gasteiger partial charge in [0.1, 0.15) is 4.90 Å². The predicted molar refractivity (Wildman–Crippen MR) is 115 cm³/mol. The number of hydrogen-bond acceptors (Lipinski definition) is 4. The SMILES string of the molecule is O=S(=O)(Nc1ccccc1C([O-])=NCc1ccc(Cl)cc1)c1cc(Cl)ccc1Cl. The van der Waals surface area contributed by atoms with Gasteiger partial charge in [-0.3, -0.25) is 9.71 Å². The van der Waals surface area contributed by atoms with Crippen LogP contribution < -0.4 is 9.83 Å². The first-order valence-corrected chi connectivity index (χ1v) is 10.9. The van der Waals surface area contributed by atoms with E-state index in [0.717, 1.165) is 5.56 Å². The van der Waals surface area contributed by atoms with Crippen LogP contribution >= 0.6 is 34.8 Å². The zero-order valence-electron chi connectivity index (χ0n) is 14.8. The van der Waals surface area contributed by atoms with Crippen molar-refractivity contribution in [1.29, 1.82) is 0 Å². The molecule has 0 atom stereocenters. The molecule has 0 unspecified atom stereocenters. The average molecular weight is 469 g/mol. The Labute approximate surface area is 183 Å². The number of anilines is 1. The third-order valence-corrected chi connectivity index (χ3v) is 6.24. The minimum absolute atomic E-state index is 0.0122. The Hall–Kier alpha value is -2.25. The maximum absolute atomic E-state index is 12.8. The van der Waals surface area contributed by atoms with Gasteiger partial charge in [-0.15, -0.1) is 0 Å². The minimum atomic E-state index is -4.07. The number of halogens is 3. The van der Waals surface area contributed by atoms with Crippen molar-refractivity contribution in [2.24, 2.45) is 4.99 Å². The van der Waals surface area contributed by atoms with Crippen molar-refractivity contribution in [3.63, 3.8) is 0 Å². The monoisotopic (exact) mass is 467 g/mol. The number of nitrogens with zero attached hydrogens (tertiary/aromatic N) is 1. The van der Waals surface area contributed by atoms with Gasteiger partial charge in [-0.1, -0.05) is 65.1 Å². The van der Waals surface area contributed by atoms with Crippen LogP contribution in [0.3, 0.4) is 0 Å². The van der Waals surface area contributed by atoms with E-state index in [1.807, 2.05) is 0 Å². The maximum Gasteiger partial charge on any atom is 0.263 e. The summed E-state index contributed by atoms with van der Waals surface area (Å²) in [6.45, 7) is 0.136. The second kappa shape index (κ2) is 9.05. The molecule has 0 fully saturated rings. The van der Waals surface area contributed by atoms with Crippen LogP contribution in [0.25, 0.3) is 0 Å². The van der Waals surface area contributed by atoms with E-state index in [2.05, 4.69) is 9.71 Å². The van der Waals surface area contributed by atoms with E-state index >= 15 is 0 Å². The van der Waals surface area contributed by atoms with Crippen molar-refractivity contribution in [2.75, 3.05) is 4.72 Å². The number of benzene rings is 3. The second-order valence-corrected chi connectivity index (χ2v) is 8.90. The van der Waals surface area contributed by atoms with Gasteiger partial charge in [0.25, 0.3) is 10.0 Å². The van der Waals surface area contributed by atoms with Crippen molar-refractivity contribution in [1.82, 2.24) is 0 Å². The van der Waals surface area contributed by atoms with E-state index in [0.29, 0.717) is 5.02 Å². The first-order chi connectivity index (χ1) is 13.8. The van der Waals surface area contributed by atoms with E-state index in [-0.39, 0.29) is 32.7 Å². The zero-order valence-corrected chi connectivity index (χ0v) is 17.9. The number of nitrogens with one attached hydrogen (secondary N) is 1. The summed E-state index contributed by atoms with van der Waals surface area (Å²) >= 11 is 17.7. The summed E-state index contributed by atoms with van der Waals surface area (Å²) < 4.78 is 27.9. The number of sulfonamides is 1. The van der Waals surface area contributed by atoms with Crippen LogP contribution in [0.15, 0.2) is 76.6 Å². The first-order valence-electron chi connectivity index (χ1n) is 8.29. The van der Waals surface area contributed by atoms with Gasteiger partial charge in [0.15, 0.2) is 0 Å². The molecule has 0 bridgehead atoms. The Morgan fingerprint density at radius 2 is 1.59 bits per heavy atom. The molecule has 0 amide bonds. The summed E-state index contributed by atoms with van der Waals surface area (Å²) in [7, 11) is -4.07. The van der Waals surface area contributed by atoms with Gasteiger partial charge in [0.2, 0.25) is 0 Å². The van der Waals surface area contributed by atoms with Gasteiger partial charge in [0, 0.05) is 15.6 Å². The Kier molecular flexibility index (Phi) is 6.70. The van der Waals surface area contributed by atoms with Crippen LogP contribution in [-0.4, -0.2) is 14.3 Å². The Morgan fingerprint density at radius 3 is 2.31 bits per heavy atom. The van der Waals surface area contributed by atoms with Crippen molar-refractivity contribution in [3.05, 3.63) is 92.9 Å². The van der Waals surface area contributed by atoms with E-state index in [4.69, 9.17) is 34.8 Å². The Morgan fingerprint density at radius 1 is 0.931 bits per heavy atom. The largest absolute Gasteiger partial charge is 0.858 e. The molecule has 0 aromatic heterocycles. The van der Waals surface area contributed by atoms with Crippen molar-refractivity contribution < 1.29 is 13.5 Å². The molecule has 3 rings (SSSR count). The Bertz CT molecular complexity index is 1160. The number of hydrogen-bond donors (Lipinski definition) is 1. The standard InChI is InChI=1S/C20H15Cl3N2O3S/c21-14-7-5-13(6-8-14)12-24-20(26)16-3-1-2-4-18(16)25-29(27,28)19-11-15(22)9-10-17(19)23/h1-11,25H,12H2,(H,24,26)/p-1. The molecule has 0 aliphatic carbocycles. The molecule has 0 heterocycles. The van der Waals surface area contributed by atoms with Crippen LogP contribution in [0.4, 0.5) is 5.69 Å². The van der Waals surface area contributed by atoms with E-state index in [1.165, 1.54) is 30.3 Å². The summed E-state index contributed by atoms with van der Waals surface area (Å²) in [5.74, 6) is -0.560. The smallest absolute Gasteiger partial charge is 0.263 e. The molecule has 150 valence electrons. The molecular weight excluding hydrogens is 455 g/mol. The lowest BCUT2D eigenvalue weighted by molar-refractivity contribution is -0.213. The van der Waals surface area contributed by atoms with E-state index < -0.39 is 15.9 Å². The van der Waals surface area contributed by atoms with Crippen LogP contribution in [0, 0.1) is 0 Å². The summed E-state index contributed by atoms with van der Waals surface area (Å²) in [6, 6.07) is 17.2. The molecular formula is C20H14Cl3N2O3S-. The normalized spacial score (nSPS) is 12.0. The lowest BCUT2D eigenvalue weighted by Crippen LogP contribution is -2.23. The summed E-state index contributed by atoms with van der Waals surface area (Å²) in [5.41, 5.74) is 1.00. The second-order valence-electron chi connectivity index (χ2n) is 5.97. The number of para-hydroxylation sites is 1. The van der Waals surface area contributed by atoms with Gasteiger partial charge in [-0.2, -0.15) is 0 Å². The molecule has 3 aromatic rings. The fraction of sp³-hybridized carbons (Fsp3) is 0.0500. The maximum atomic E-state index is 12.8. The van der Waals surface area contributed by atoms with E-state index in [9.17, 15) is 13.5 Å². The van der Waals surface area contributed by atoms with Gasteiger partial charge in [0.05, 0.1) is 17.3 Å². The number of rotatable bonds is 6. The van der Waals surface area contributed by atoms with Crippen molar-refractivity contribution in [2.45, 2.75) is 11.4 Å². The molecule has 0 aliphatic rings. The molecule has 0 spiro atoms. The first kappa shape index (κ1) is 21.5. The number of aliphatic imine (C=N–C) groups is 1.